The number of ether oxygens (including phenoxy) is 1. The van der Waals surface area contributed by atoms with Gasteiger partial charge in [-0.05, 0) is 50.9 Å². The largest absolute Gasteiger partial charge is 0.490 e. The maximum absolute atomic E-state index is 6.14. The number of benzene rings is 1. The lowest BCUT2D eigenvalue weighted by Gasteiger charge is -2.32. The standard InChI is InChI=1S/C19H30N2OS/c1-16(21-11-13-23-14-12-21)15-17-3-5-18(6-4-17)22-19-7-9-20(2)10-8-19/h3-6,16,19H,7-15H2,1-2H3. The number of rotatable bonds is 5. The van der Waals surface area contributed by atoms with Crippen molar-refractivity contribution in [1.29, 1.82) is 0 Å². The third kappa shape index (κ3) is 5.13. The van der Waals surface area contributed by atoms with Crippen LogP contribution in [-0.2, 0) is 6.42 Å². The fourth-order valence-electron chi connectivity index (χ4n) is 3.49. The molecule has 0 bridgehead atoms. The average molecular weight is 335 g/mol. The van der Waals surface area contributed by atoms with Crippen LogP contribution in [0.4, 0.5) is 0 Å². The van der Waals surface area contributed by atoms with E-state index < -0.39 is 0 Å². The van der Waals surface area contributed by atoms with Crippen LogP contribution in [0.2, 0.25) is 0 Å². The van der Waals surface area contributed by atoms with Crippen LogP contribution >= 0.6 is 11.8 Å². The Kier molecular flexibility index (Phi) is 6.26. The van der Waals surface area contributed by atoms with Gasteiger partial charge in [-0.3, -0.25) is 4.90 Å². The average Bonchev–Trinajstić information content (AvgIpc) is 2.59. The Bertz CT molecular complexity index is 465. The van der Waals surface area contributed by atoms with Gasteiger partial charge in [0.1, 0.15) is 11.9 Å². The SMILES string of the molecule is CC(Cc1ccc(OC2CCN(C)CC2)cc1)N1CCSCC1. The zero-order valence-corrected chi connectivity index (χ0v) is 15.4. The molecular formula is C19H30N2OS. The minimum absolute atomic E-state index is 0.391. The summed E-state index contributed by atoms with van der Waals surface area (Å²) in [5.41, 5.74) is 1.42. The van der Waals surface area contributed by atoms with Crippen molar-refractivity contribution in [3.8, 4) is 5.75 Å². The summed E-state index contributed by atoms with van der Waals surface area (Å²) < 4.78 is 6.14. The van der Waals surface area contributed by atoms with E-state index >= 15 is 0 Å². The highest BCUT2D eigenvalue weighted by Gasteiger charge is 2.19. The maximum atomic E-state index is 6.14. The van der Waals surface area contributed by atoms with Crippen LogP contribution in [0.3, 0.4) is 0 Å². The fraction of sp³-hybridized carbons (Fsp3) is 0.684. The molecule has 0 amide bonds. The monoisotopic (exact) mass is 334 g/mol. The van der Waals surface area contributed by atoms with E-state index in [1.807, 2.05) is 0 Å². The number of hydrogen-bond acceptors (Lipinski definition) is 4. The Hall–Kier alpha value is -0.710. The van der Waals surface area contributed by atoms with Gasteiger partial charge in [-0.2, -0.15) is 11.8 Å². The molecule has 3 rings (SSSR count). The number of likely N-dealkylation sites (tertiary alicyclic amines) is 1. The third-order valence-electron chi connectivity index (χ3n) is 5.09. The lowest BCUT2D eigenvalue weighted by atomic mass is 10.1. The molecule has 2 aliphatic rings. The molecule has 2 aliphatic heterocycles. The van der Waals surface area contributed by atoms with Crippen molar-refractivity contribution in [2.24, 2.45) is 0 Å². The first kappa shape index (κ1) is 17.1. The molecule has 0 saturated carbocycles. The summed E-state index contributed by atoms with van der Waals surface area (Å²) in [4.78, 5) is 5.00. The number of piperidine rings is 1. The van der Waals surface area contributed by atoms with Gasteiger partial charge in [0.2, 0.25) is 0 Å². The highest BCUT2D eigenvalue weighted by atomic mass is 32.2. The molecule has 1 aromatic rings. The molecule has 0 radical (unpaired) electrons. The zero-order valence-electron chi connectivity index (χ0n) is 14.5. The van der Waals surface area contributed by atoms with Crippen molar-refractivity contribution in [3.05, 3.63) is 29.8 Å². The lowest BCUT2D eigenvalue weighted by molar-refractivity contribution is 0.114. The summed E-state index contributed by atoms with van der Waals surface area (Å²) in [6, 6.07) is 9.45. The van der Waals surface area contributed by atoms with E-state index in [9.17, 15) is 0 Å². The van der Waals surface area contributed by atoms with Gasteiger partial charge in [0.25, 0.3) is 0 Å². The predicted octanol–water partition coefficient (Wildman–Crippen LogP) is 3.14. The molecule has 1 atom stereocenters. The van der Waals surface area contributed by atoms with Crippen molar-refractivity contribution in [2.45, 2.75) is 38.3 Å². The Morgan fingerprint density at radius 2 is 1.74 bits per heavy atom. The summed E-state index contributed by atoms with van der Waals surface area (Å²) in [5.74, 6) is 3.60. The first-order chi connectivity index (χ1) is 11.2. The molecule has 2 heterocycles. The summed E-state index contributed by atoms with van der Waals surface area (Å²) in [6.07, 6.45) is 3.81. The Morgan fingerprint density at radius 1 is 1.09 bits per heavy atom. The molecular weight excluding hydrogens is 304 g/mol. The molecule has 1 unspecified atom stereocenters. The maximum Gasteiger partial charge on any atom is 0.119 e. The third-order valence-corrected chi connectivity index (χ3v) is 6.03. The molecule has 4 heteroatoms. The van der Waals surface area contributed by atoms with Gasteiger partial charge >= 0.3 is 0 Å². The summed E-state index contributed by atoms with van der Waals surface area (Å²) in [6.45, 7) is 7.13. The lowest BCUT2D eigenvalue weighted by Crippen LogP contribution is -2.40. The van der Waals surface area contributed by atoms with Crippen molar-refractivity contribution >= 4 is 11.8 Å². The van der Waals surface area contributed by atoms with Gasteiger partial charge in [-0.25, -0.2) is 0 Å². The van der Waals surface area contributed by atoms with Crippen LogP contribution in [0.1, 0.15) is 25.3 Å². The van der Waals surface area contributed by atoms with E-state index in [0.717, 1.165) is 38.1 Å². The van der Waals surface area contributed by atoms with Gasteiger partial charge in [0.05, 0.1) is 0 Å². The molecule has 0 aliphatic carbocycles. The van der Waals surface area contributed by atoms with Gasteiger partial charge < -0.3 is 9.64 Å². The molecule has 2 saturated heterocycles. The van der Waals surface area contributed by atoms with Gasteiger partial charge in [-0.1, -0.05) is 12.1 Å². The van der Waals surface area contributed by atoms with Crippen LogP contribution < -0.4 is 4.74 Å². The van der Waals surface area contributed by atoms with Crippen LogP contribution in [0.5, 0.6) is 5.75 Å². The van der Waals surface area contributed by atoms with Crippen molar-refractivity contribution in [3.63, 3.8) is 0 Å². The highest BCUT2D eigenvalue weighted by molar-refractivity contribution is 7.99. The molecule has 1 aromatic carbocycles. The van der Waals surface area contributed by atoms with Crippen molar-refractivity contribution < 1.29 is 4.74 Å². The molecule has 128 valence electrons. The highest BCUT2D eigenvalue weighted by Crippen LogP contribution is 2.21. The van der Waals surface area contributed by atoms with E-state index in [4.69, 9.17) is 4.74 Å². The molecule has 0 N–H and O–H groups in total. The van der Waals surface area contributed by atoms with E-state index in [1.165, 1.54) is 30.2 Å². The summed E-state index contributed by atoms with van der Waals surface area (Å²) >= 11 is 2.08. The Balaban J connectivity index is 1.48. The normalized spacial score (nSPS) is 22.9. The molecule has 0 spiro atoms. The number of hydrogen-bond donors (Lipinski definition) is 0. The van der Waals surface area contributed by atoms with Gasteiger partial charge in [0, 0.05) is 43.7 Å². The summed E-state index contributed by atoms with van der Waals surface area (Å²) in [5, 5.41) is 0. The van der Waals surface area contributed by atoms with E-state index in [0.29, 0.717) is 12.1 Å². The molecule has 2 fully saturated rings. The predicted molar refractivity (Wildman–Crippen MR) is 99.7 cm³/mol. The van der Waals surface area contributed by atoms with Crippen LogP contribution in [-0.4, -0.2) is 66.7 Å². The van der Waals surface area contributed by atoms with E-state index in [2.05, 4.69) is 59.8 Å². The first-order valence-corrected chi connectivity index (χ1v) is 10.1. The van der Waals surface area contributed by atoms with Crippen LogP contribution in [0.15, 0.2) is 24.3 Å². The Morgan fingerprint density at radius 3 is 2.39 bits per heavy atom. The zero-order chi connectivity index (χ0) is 16.1. The van der Waals surface area contributed by atoms with E-state index in [1.54, 1.807) is 0 Å². The smallest absolute Gasteiger partial charge is 0.119 e. The van der Waals surface area contributed by atoms with Crippen LogP contribution in [0.25, 0.3) is 0 Å². The topological polar surface area (TPSA) is 15.7 Å². The first-order valence-electron chi connectivity index (χ1n) is 8.96. The van der Waals surface area contributed by atoms with Gasteiger partial charge in [-0.15, -0.1) is 0 Å². The van der Waals surface area contributed by atoms with Crippen LogP contribution in [0, 0.1) is 0 Å². The second-order valence-electron chi connectivity index (χ2n) is 6.97. The quantitative estimate of drug-likeness (QED) is 0.822. The Labute approximate surface area is 145 Å². The van der Waals surface area contributed by atoms with Crippen molar-refractivity contribution in [1.82, 2.24) is 9.80 Å². The molecule has 3 nitrogen and oxygen atoms in total. The van der Waals surface area contributed by atoms with E-state index in [-0.39, 0.29) is 0 Å². The summed E-state index contributed by atoms with van der Waals surface area (Å²) in [7, 11) is 2.19. The second kappa shape index (κ2) is 8.41. The fourth-order valence-corrected chi connectivity index (χ4v) is 4.42. The molecule has 23 heavy (non-hydrogen) atoms. The molecule has 0 aromatic heterocycles. The van der Waals surface area contributed by atoms with Gasteiger partial charge in [0.15, 0.2) is 0 Å². The number of nitrogens with zero attached hydrogens (tertiary/aromatic N) is 2. The van der Waals surface area contributed by atoms with Crippen molar-refractivity contribution in [2.75, 3.05) is 44.7 Å². The minimum atomic E-state index is 0.391. The number of thioether (sulfide) groups is 1. The minimum Gasteiger partial charge on any atom is -0.490 e. The second-order valence-corrected chi connectivity index (χ2v) is 8.19.